The summed E-state index contributed by atoms with van der Waals surface area (Å²) in [5.74, 6) is 0. The molecule has 2 aromatic rings. The highest BCUT2D eigenvalue weighted by Crippen LogP contribution is 2.17. The molecule has 0 atom stereocenters. The molecule has 2 rings (SSSR count). The van der Waals surface area contributed by atoms with Crippen LogP contribution in [-0.4, -0.2) is 30.5 Å². The first-order valence-electron chi connectivity index (χ1n) is 4.89. The Morgan fingerprint density at radius 1 is 1.43 bits per heavy atom. The van der Waals surface area contributed by atoms with Gasteiger partial charge in [-0.1, -0.05) is 12.1 Å². The Kier molecular flexibility index (Phi) is 2.55. The zero-order valence-corrected chi connectivity index (χ0v) is 8.67. The van der Waals surface area contributed by atoms with Crippen molar-refractivity contribution in [1.29, 1.82) is 0 Å². The van der Waals surface area contributed by atoms with Gasteiger partial charge >= 0.3 is 0 Å². The molecule has 2 nitrogen and oxygen atoms in total. The van der Waals surface area contributed by atoms with Crippen LogP contribution >= 0.6 is 0 Å². The minimum absolute atomic E-state index is 1.08. The molecule has 0 aliphatic heterocycles. The maximum atomic E-state index is 3.27. The van der Waals surface area contributed by atoms with Gasteiger partial charge in [-0.3, -0.25) is 0 Å². The van der Waals surface area contributed by atoms with E-state index in [0.29, 0.717) is 0 Å². The van der Waals surface area contributed by atoms with Crippen LogP contribution in [0.15, 0.2) is 24.4 Å². The van der Waals surface area contributed by atoms with E-state index >= 15 is 0 Å². The smallest absolute Gasteiger partial charge is 0.0463 e. The largest absolute Gasteiger partial charge is 0.361 e. The Balaban J connectivity index is 2.25. The molecule has 0 unspecified atom stereocenters. The van der Waals surface area contributed by atoms with E-state index in [9.17, 15) is 0 Å². The fraction of sp³-hybridized carbons (Fsp3) is 0.333. The van der Waals surface area contributed by atoms with E-state index < -0.39 is 0 Å². The summed E-state index contributed by atoms with van der Waals surface area (Å²) in [5.41, 5.74) is 2.54. The summed E-state index contributed by atoms with van der Waals surface area (Å²) in [5, 5.41) is 1.23. The minimum atomic E-state index is 1.08. The van der Waals surface area contributed by atoms with Gasteiger partial charge < -0.3 is 9.88 Å². The van der Waals surface area contributed by atoms with Gasteiger partial charge in [0.05, 0.1) is 0 Å². The van der Waals surface area contributed by atoms with E-state index in [1.54, 1.807) is 0 Å². The highest BCUT2D eigenvalue weighted by Gasteiger charge is 2.02. The van der Waals surface area contributed by atoms with Gasteiger partial charge in [-0.25, -0.2) is 0 Å². The van der Waals surface area contributed by atoms with Crippen molar-refractivity contribution in [3.63, 3.8) is 0 Å². The second-order valence-electron chi connectivity index (χ2n) is 3.83. The van der Waals surface area contributed by atoms with Gasteiger partial charge in [0.2, 0.25) is 0 Å². The molecule has 0 saturated carbocycles. The fourth-order valence-corrected chi connectivity index (χ4v) is 1.60. The molecule has 73 valence electrons. The van der Waals surface area contributed by atoms with Crippen LogP contribution in [0.1, 0.15) is 5.56 Å². The number of rotatable bonds is 3. The Morgan fingerprint density at radius 2 is 2.29 bits per heavy atom. The number of nitrogens with one attached hydrogen (secondary N) is 1. The van der Waals surface area contributed by atoms with Crippen LogP contribution in [0, 0.1) is 6.07 Å². The van der Waals surface area contributed by atoms with Crippen molar-refractivity contribution < 1.29 is 0 Å². The summed E-state index contributed by atoms with van der Waals surface area (Å²) in [6.07, 6.45) is 3.16. The van der Waals surface area contributed by atoms with Crippen LogP contribution in [0.4, 0.5) is 0 Å². The van der Waals surface area contributed by atoms with Gasteiger partial charge in [-0.05, 0) is 38.2 Å². The number of aromatic amines is 1. The first-order valence-corrected chi connectivity index (χ1v) is 4.89. The summed E-state index contributed by atoms with van der Waals surface area (Å²) < 4.78 is 0. The van der Waals surface area contributed by atoms with Crippen LogP contribution in [0.5, 0.6) is 0 Å². The van der Waals surface area contributed by atoms with E-state index in [2.05, 4.69) is 42.3 Å². The van der Waals surface area contributed by atoms with Crippen molar-refractivity contribution in [2.45, 2.75) is 6.42 Å². The average Bonchev–Trinajstić information content (AvgIpc) is 2.58. The summed E-state index contributed by atoms with van der Waals surface area (Å²) in [4.78, 5) is 5.46. The third-order valence-electron chi connectivity index (χ3n) is 2.41. The SMILES string of the molecule is CN(C)CCc1c[nH]c2ccc[c]c12. The van der Waals surface area contributed by atoms with Crippen molar-refractivity contribution in [3.05, 3.63) is 36.0 Å². The lowest BCUT2D eigenvalue weighted by Gasteiger charge is -2.07. The van der Waals surface area contributed by atoms with Gasteiger partial charge in [0, 0.05) is 23.6 Å². The molecule has 1 radical (unpaired) electrons. The molecule has 0 saturated heterocycles. The Hall–Kier alpha value is -1.28. The lowest BCUT2D eigenvalue weighted by molar-refractivity contribution is 0.414. The molecule has 0 fully saturated rings. The first kappa shape index (κ1) is 9.28. The average molecular weight is 187 g/mol. The standard InChI is InChI=1S/C12H15N2/c1-14(2)8-7-10-9-13-12-6-4-3-5-11(10)12/h3-4,6,9,13H,7-8H2,1-2H3. The number of benzene rings is 1. The van der Waals surface area contributed by atoms with E-state index in [0.717, 1.165) is 13.0 Å². The van der Waals surface area contributed by atoms with E-state index in [1.807, 2.05) is 12.1 Å². The van der Waals surface area contributed by atoms with Crippen molar-refractivity contribution >= 4 is 10.9 Å². The maximum absolute atomic E-state index is 3.27. The Bertz CT molecular complexity index is 415. The van der Waals surface area contributed by atoms with Gasteiger partial charge in [0.1, 0.15) is 0 Å². The molecule has 0 amide bonds. The second kappa shape index (κ2) is 3.84. The molecule has 1 N–H and O–H groups in total. The van der Waals surface area contributed by atoms with Crippen LogP contribution in [0.25, 0.3) is 10.9 Å². The molecule has 0 bridgehead atoms. The minimum Gasteiger partial charge on any atom is -0.361 e. The molecule has 2 heteroatoms. The zero-order valence-electron chi connectivity index (χ0n) is 8.67. The lowest BCUT2D eigenvalue weighted by atomic mass is 10.1. The number of nitrogens with zero attached hydrogens (tertiary/aromatic N) is 1. The van der Waals surface area contributed by atoms with E-state index in [-0.39, 0.29) is 0 Å². The number of hydrogen-bond acceptors (Lipinski definition) is 1. The molecule has 1 aromatic heterocycles. The van der Waals surface area contributed by atoms with Crippen molar-refractivity contribution in [2.75, 3.05) is 20.6 Å². The summed E-state index contributed by atoms with van der Waals surface area (Å²) in [6.45, 7) is 1.08. The first-order chi connectivity index (χ1) is 6.77. The third kappa shape index (κ3) is 1.80. The van der Waals surface area contributed by atoms with Gasteiger partial charge in [0.25, 0.3) is 0 Å². The maximum Gasteiger partial charge on any atom is 0.0463 e. The number of aromatic nitrogens is 1. The molecular weight excluding hydrogens is 172 g/mol. The Labute approximate surface area is 84.5 Å². The van der Waals surface area contributed by atoms with Crippen LogP contribution in [-0.2, 0) is 6.42 Å². The molecule has 1 heterocycles. The Morgan fingerprint density at radius 3 is 3.07 bits per heavy atom. The number of hydrogen-bond donors (Lipinski definition) is 1. The van der Waals surface area contributed by atoms with Gasteiger partial charge in [0.15, 0.2) is 0 Å². The van der Waals surface area contributed by atoms with Crippen molar-refractivity contribution in [1.82, 2.24) is 9.88 Å². The highest BCUT2D eigenvalue weighted by atomic mass is 15.0. The monoisotopic (exact) mass is 187 g/mol. The summed E-state index contributed by atoms with van der Waals surface area (Å²) in [7, 11) is 4.19. The lowest BCUT2D eigenvalue weighted by Crippen LogP contribution is -2.14. The predicted molar refractivity (Wildman–Crippen MR) is 59.4 cm³/mol. The van der Waals surface area contributed by atoms with E-state index in [4.69, 9.17) is 0 Å². The van der Waals surface area contributed by atoms with Crippen LogP contribution in [0.3, 0.4) is 0 Å². The van der Waals surface area contributed by atoms with Crippen LogP contribution in [0.2, 0.25) is 0 Å². The number of H-pyrrole nitrogens is 1. The quantitative estimate of drug-likeness (QED) is 0.779. The molecular formula is C12H15N2. The summed E-state index contributed by atoms with van der Waals surface area (Å²) >= 11 is 0. The molecule has 1 aromatic carbocycles. The molecule has 0 spiro atoms. The predicted octanol–water partition coefficient (Wildman–Crippen LogP) is 2.07. The zero-order chi connectivity index (χ0) is 9.97. The van der Waals surface area contributed by atoms with Gasteiger partial charge in [-0.15, -0.1) is 0 Å². The molecule has 0 aliphatic rings. The van der Waals surface area contributed by atoms with Crippen LogP contribution < -0.4 is 0 Å². The second-order valence-corrected chi connectivity index (χ2v) is 3.83. The molecule has 14 heavy (non-hydrogen) atoms. The number of likely N-dealkylation sites (N-methyl/N-ethyl adjacent to an activating group) is 1. The normalized spacial score (nSPS) is 11.4. The number of fused-ring (bicyclic) bond motifs is 1. The third-order valence-corrected chi connectivity index (χ3v) is 2.41. The highest BCUT2D eigenvalue weighted by molar-refractivity contribution is 5.82. The molecule has 0 aliphatic carbocycles. The van der Waals surface area contributed by atoms with Gasteiger partial charge in [-0.2, -0.15) is 0 Å². The fourth-order valence-electron chi connectivity index (χ4n) is 1.60. The van der Waals surface area contributed by atoms with E-state index in [1.165, 1.54) is 16.5 Å². The van der Waals surface area contributed by atoms with Crippen molar-refractivity contribution in [2.24, 2.45) is 0 Å². The van der Waals surface area contributed by atoms with Crippen molar-refractivity contribution in [3.8, 4) is 0 Å². The topological polar surface area (TPSA) is 19.0 Å². The summed E-state index contributed by atoms with van der Waals surface area (Å²) in [6, 6.07) is 9.34.